The van der Waals surface area contributed by atoms with Gasteiger partial charge in [0, 0.05) is 6.54 Å². The van der Waals surface area contributed by atoms with E-state index in [0.29, 0.717) is 22.6 Å². The van der Waals surface area contributed by atoms with Crippen molar-refractivity contribution in [1.82, 2.24) is 25.1 Å². The van der Waals surface area contributed by atoms with Crippen LogP contribution in [0.3, 0.4) is 0 Å². The van der Waals surface area contributed by atoms with Gasteiger partial charge in [-0.15, -0.1) is 12.4 Å². The average Bonchev–Trinajstić information content (AvgIpc) is 3.16. The molecule has 2 aliphatic rings. The molecule has 0 radical (unpaired) electrons. The predicted octanol–water partition coefficient (Wildman–Crippen LogP) is 4.41. The van der Waals surface area contributed by atoms with Gasteiger partial charge < -0.3 is 15.0 Å². The Morgan fingerprint density at radius 3 is 2.72 bits per heavy atom. The highest BCUT2D eigenvalue weighted by Crippen LogP contribution is 2.34. The molecule has 1 saturated carbocycles. The number of benzene rings is 1. The van der Waals surface area contributed by atoms with Gasteiger partial charge in [-0.25, -0.2) is 4.98 Å². The number of ether oxygens (including phenoxy) is 1. The second kappa shape index (κ2) is 9.46. The first-order valence-corrected chi connectivity index (χ1v) is 11.2. The van der Waals surface area contributed by atoms with Gasteiger partial charge in [-0.2, -0.15) is 5.10 Å². The van der Waals surface area contributed by atoms with E-state index in [-0.39, 0.29) is 24.0 Å². The summed E-state index contributed by atoms with van der Waals surface area (Å²) in [5.74, 6) is 1.23. The lowest BCUT2D eigenvalue weighted by Gasteiger charge is -2.22. The molecule has 1 fully saturated rings. The first kappa shape index (κ1) is 22.6. The highest BCUT2D eigenvalue weighted by atomic mass is 35.5. The lowest BCUT2D eigenvalue weighted by Crippen LogP contribution is -2.20. The summed E-state index contributed by atoms with van der Waals surface area (Å²) in [5.41, 5.74) is 5.16. The van der Waals surface area contributed by atoms with Crippen molar-refractivity contribution < 1.29 is 4.74 Å². The first-order chi connectivity index (χ1) is 15.2. The maximum Gasteiger partial charge on any atom is 0.277 e. The van der Waals surface area contributed by atoms with E-state index in [1.165, 1.54) is 24.8 Å². The highest BCUT2D eigenvalue weighted by Gasteiger charge is 2.23. The van der Waals surface area contributed by atoms with Crippen molar-refractivity contribution in [2.24, 2.45) is 0 Å². The molecular formula is C24H30ClN5O2. The molecule has 170 valence electrons. The third-order valence-electron chi connectivity index (χ3n) is 6.54. The zero-order valence-electron chi connectivity index (χ0n) is 18.6. The van der Waals surface area contributed by atoms with E-state index in [4.69, 9.17) is 14.8 Å². The van der Waals surface area contributed by atoms with Crippen molar-refractivity contribution in [2.75, 3.05) is 20.2 Å². The number of fused-ring (bicyclic) bond motifs is 1. The minimum Gasteiger partial charge on any atom is -0.496 e. The normalized spacial score (nSPS) is 17.1. The van der Waals surface area contributed by atoms with Gasteiger partial charge in [-0.3, -0.25) is 9.48 Å². The van der Waals surface area contributed by atoms with Crippen molar-refractivity contribution in [3.05, 3.63) is 45.9 Å². The van der Waals surface area contributed by atoms with Crippen molar-refractivity contribution in [3.8, 4) is 17.1 Å². The number of nitrogens with zero attached hydrogens (tertiary/aromatic N) is 3. The molecule has 0 saturated heterocycles. The molecule has 0 bridgehead atoms. The Labute approximate surface area is 193 Å². The van der Waals surface area contributed by atoms with Gasteiger partial charge in [0.25, 0.3) is 5.56 Å². The summed E-state index contributed by atoms with van der Waals surface area (Å²) in [5, 5.41) is 8.06. The molecule has 0 amide bonds. The quantitative estimate of drug-likeness (QED) is 0.608. The Balaban J connectivity index is 0.00000245. The summed E-state index contributed by atoms with van der Waals surface area (Å²) >= 11 is 0. The summed E-state index contributed by atoms with van der Waals surface area (Å²) in [6, 6.07) is 6.39. The molecule has 32 heavy (non-hydrogen) atoms. The topological polar surface area (TPSA) is 84.8 Å². The molecule has 7 nitrogen and oxygen atoms in total. The Bertz CT molecular complexity index is 1210. The second-order valence-electron chi connectivity index (χ2n) is 8.53. The third kappa shape index (κ3) is 4.07. The van der Waals surface area contributed by atoms with Crippen LogP contribution in [-0.2, 0) is 0 Å². The van der Waals surface area contributed by atoms with Crippen LogP contribution in [0.5, 0.6) is 5.75 Å². The molecule has 8 heteroatoms. The minimum absolute atomic E-state index is 0. The van der Waals surface area contributed by atoms with Crippen LogP contribution < -0.4 is 15.6 Å². The number of rotatable bonds is 4. The fourth-order valence-electron chi connectivity index (χ4n) is 4.88. The smallest absolute Gasteiger partial charge is 0.277 e. The standard InChI is InChI=1S/C24H29N5O2.ClH/c1-15-21-22(29(28-15)18-6-4-3-5-7-18)24(30)27-23(26-21)19-9-8-17(14-20(19)31-2)16-10-12-25-13-11-16;/h8-10,14,18,25H,3-7,11-13H2,1-2H3,(H,26,27,30);1H. The van der Waals surface area contributed by atoms with Gasteiger partial charge in [0.1, 0.15) is 17.1 Å². The van der Waals surface area contributed by atoms with Crippen LogP contribution in [0, 0.1) is 6.92 Å². The SMILES string of the molecule is COc1cc(C2=CCNCC2)ccc1-c1nc2c(C)nn(C3CCCCC3)c2c(=O)[nH]1.Cl. The molecule has 2 aromatic heterocycles. The Hall–Kier alpha value is -2.64. The van der Waals surface area contributed by atoms with E-state index in [1.54, 1.807) is 7.11 Å². The maximum atomic E-state index is 13.2. The number of methoxy groups -OCH3 is 1. The van der Waals surface area contributed by atoms with Gasteiger partial charge in [-0.05, 0) is 56.0 Å². The summed E-state index contributed by atoms with van der Waals surface area (Å²) < 4.78 is 7.61. The molecular weight excluding hydrogens is 426 g/mol. The van der Waals surface area contributed by atoms with Crippen molar-refractivity contribution in [2.45, 2.75) is 51.5 Å². The van der Waals surface area contributed by atoms with Crippen LogP contribution in [-0.4, -0.2) is 39.9 Å². The zero-order chi connectivity index (χ0) is 21.4. The van der Waals surface area contributed by atoms with Crippen LogP contribution in [0.2, 0.25) is 0 Å². The van der Waals surface area contributed by atoms with E-state index in [0.717, 1.165) is 49.2 Å². The second-order valence-corrected chi connectivity index (χ2v) is 8.53. The van der Waals surface area contributed by atoms with Crippen LogP contribution in [0.15, 0.2) is 29.1 Å². The monoisotopic (exact) mass is 455 g/mol. The van der Waals surface area contributed by atoms with E-state index >= 15 is 0 Å². The number of aromatic amines is 1. The molecule has 0 atom stereocenters. The number of aromatic nitrogens is 4. The number of hydrogen-bond donors (Lipinski definition) is 2. The number of hydrogen-bond acceptors (Lipinski definition) is 5. The molecule has 0 unspecified atom stereocenters. The highest BCUT2D eigenvalue weighted by molar-refractivity contribution is 5.85. The minimum atomic E-state index is -0.140. The Kier molecular flexibility index (Phi) is 6.67. The van der Waals surface area contributed by atoms with Crippen LogP contribution in [0.1, 0.15) is 55.8 Å². The molecule has 3 aromatic rings. The lowest BCUT2D eigenvalue weighted by molar-refractivity contribution is 0.336. The van der Waals surface area contributed by atoms with E-state index < -0.39 is 0 Å². The van der Waals surface area contributed by atoms with Crippen molar-refractivity contribution >= 4 is 29.0 Å². The maximum absolute atomic E-state index is 13.2. The fourth-order valence-corrected chi connectivity index (χ4v) is 4.88. The lowest BCUT2D eigenvalue weighted by atomic mass is 9.95. The van der Waals surface area contributed by atoms with Gasteiger partial charge in [-0.1, -0.05) is 31.4 Å². The van der Waals surface area contributed by atoms with E-state index in [9.17, 15) is 4.79 Å². The fraction of sp³-hybridized carbons (Fsp3) is 0.458. The largest absolute Gasteiger partial charge is 0.496 e. The van der Waals surface area contributed by atoms with Gasteiger partial charge >= 0.3 is 0 Å². The average molecular weight is 456 g/mol. The van der Waals surface area contributed by atoms with Crippen LogP contribution >= 0.6 is 12.4 Å². The summed E-state index contributed by atoms with van der Waals surface area (Å²) in [7, 11) is 1.66. The molecule has 3 heterocycles. The molecule has 5 rings (SSSR count). The first-order valence-electron chi connectivity index (χ1n) is 11.2. The van der Waals surface area contributed by atoms with Gasteiger partial charge in [0.15, 0.2) is 5.52 Å². The third-order valence-corrected chi connectivity index (χ3v) is 6.54. The Morgan fingerprint density at radius 2 is 2.00 bits per heavy atom. The molecule has 0 spiro atoms. The summed E-state index contributed by atoms with van der Waals surface area (Å²) in [6.45, 7) is 3.79. The van der Waals surface area contributed by atoms with Crippen molar-refractivity contribution in [1.29, 1.82) is 0 Å². The van der Waals surface area contributed by atoms with Crippen LogP contribution in [0.4, 0.5) is 0 Å². The molecule has 1 aliphatic heterocycles. The Morgan fingerprint density at radius 1 is 1.19 bits per heavy atom. The van der Waals surface area contributed by atoms with Crippen LogP contribution in [0.25, 0.3) is 28.0 Å². The number of halogens is 1. The number of nitrogens with one attached hydrogen (secondary N) is 2. The van der Waals surface area contributed by atoms with Gasteiger partial charge in [0.05, 0.1) is 24.4 Å². The summed E-state index contributed by atoms with van der Waals surface area (Å²) in [4.78, 5) is 21.0. The van der Waals surface area contributed by atoms with Gasteiger partial charge in [0.2, 0.25) is 0 Å². The van der Waals surface area contributed by atoms with E-state index in [2.05, 4.69) is 22.4 Å². The predicted molar refractivity (Wildman–Crippen MR) is 130 cm³/mol. The molecule has 1 aromatic carbocycles. The molecule has 1 aliphatic carbocycles. The number of H-pyrrole nitrogens is 1. The molecule has 2 N–H and O–H groups in total. The number of aryl methyl sites for hydroxylation is 1. The van der Waals surface area contributed by atoms with E-state index in [1.807, 2.05) is 23.7 Å². The summed E-state index contributed by atoms with van der Waals surface area (Å²) in [6.07, 6.45) is 8.97. The zero-order valence-corrected chi connectivity index (χ0v) is 19.4. The van der Waals surface area contributed by atoms with Crippen molar-refractivity contribution in [3.63, 3.8) is 0 Å².